The Labute approximate surface area is 143 Å². The molecule has 0 atom stereocenters. The van der Waals surface area contributed by atoms with Gasteiger partial charge in [0, 0.05) is 45.1 Å². The first kappa shape index (κ1) is 16.5. The van der Waals surface area contributed by atoms with Crippen molar-refractivity contribution < 1.29 is 4.79 Å². The van der Waals surface area contributed by atoms with Crippen LogP contribution in [-0.2, 0) is 19.5 Å². The van der Waals surface area contributed by atoms with Gasteiger partial charge in [-0.3, -0.25) is 9.88 Å². The lowest BCUT2D eigenvalue weighted by atomic mass is 10.00. The maximum Gasteiger partial charge on any atom is 0.315 e. The number of fused-ring (bicyclic) bond motifs is 1. The summed E-state index contributed by atoms with van der Waals surface area (Å²) in [5.41, 5.74) is 3.91. The number of pyridine rings is 1. The van der Waals surface area contributed by atoms with Crippen LogP contribution in [-0.4, -0.2) is 35.5 Å². The minimum absolute atomic E-state index is 0.122. The number of carbonyl (C=O) groups is 1. The summed E-state index contributed by atoms with van der Waals surface area (Å²) >= 11 is 0. The van der Waals surface area contributed by atoms with E-state index in [1.807, 2.05) is 12.1 Å². The summed E-state index contributed by atoms with van der Waals surface area (Å²) in [4.78, 5) is 18.3. The minimum atomic E-state index is -0.122. The highest BCUT2D eigenvalue weighted by atomic mass is 16.2. The van der Waals surface area contributed by atoms with Gasteiger partial charge in [-0.1, -0.05) is 30.3 Å². The first-order valence-electron chi connectivity index (χ1n) is 8.51. The zero-order valence-electron chi connectivity index (χ0n) is 13.9. The zero-order valence-corrected chi connectivity index (χ0v) is 13.9. The molecule has 3 rings (SSSR count). The Hall–Kier alpha value is -2.40. The van der Waals surface area contributed by atoms with Gasteiger partial charge in [0.2, 0.25) is 0 Å². The third-order valence-electron chi connectivity index (χ3n) is 4.32. The van der Waals surface area contributed by atoms with Crippen molar-refractivity contribution in [2.75, 3.05) is 19.6 Å². The third-order valence-corrected chi connectivity index (χ3v) is 4.32. The Morgan fingerprint density at radius 1 is 1.12 bits per heavy atom. The molecule has 5 heteroatoms. The molecule has 0 aliphatic carbocycles. The fraction of sp³-hybridized carbons (Fsp3) is 0.368. The number of hydrogen-bond acceptors (Lipinski definition) is 3. The summed E-state index contributed by atoms with van der Waals surface area (Å²) in [6, 6.07) is 12.3. The number of hydrogen-bond donors (Lipinski definition) is 2. The van der Waals surface area contributed by atoms with Crippen molar-refractivity contribution in [1.29, 1.82) is 0 Å². The van der Waals surface area contributed by atoms with Crippen molar-refractivity contribution >= 4 is 6.03 Å². The monoisotopic (exact) mass is 324 g/mol. The van der Waals surface area contributed by atoms with E-state index in [1.165, 1.54) is 11.1 Å². The molecule has 0 unspecified atom stereocenters. The second-order valence-electron chi connectivity index (χ2n) is 6.12. The highest BCUT2D eigenvalue weighted by molar-refractivity contribution is 5.73. The normalized spacial score (nSPS) is 14.0. The highest BCUT2D eigenvalue weighted by Crippen LogP contribution is 2.18. The van der Waals surface area contributed by atoms with Gasteiger partial charge in [-0.2, -0.15) is 0 Å². The summed E-state index contributed by atoms with van der Waals surface area (Å²) in [5, 5.41) is 5.76. The van der Waals surface area contributed by atoms with Gasteiger partial charge < -0.3 is 10.6 Å². The summed E-state index contributed by atoms with van der Waals surface area (Å²) in [6.45, 7) is 4.32. The van der Waals surface area contributed by atoms with E-state index in [0.29, 0.717) is 13.1 Å². The van der Waals surface area contributed by atoms with E-state index in [-0.39, 0.29) is 6.03 Å². The summed E-state index contributed by atoms with van der Waals surface area (Å²) < 4.78 is 0. The van der Waals surface area contributed by atoms with Crippen LogP contribution in [0.25, 0.3) is 0 Å². The fourth-order valence-corrected chi connectivity index (χ4v) is 3.00. The fourth-order valence-electron chi connectivity index (χ4n) is 3.00. The molecule has 0 saturated heterocycles. The average Bonchev–Trinajstić information content (AvgIpc) is 2.64. The van der Waals surface area contributed by atoms with Crippen molar-refractivity contribution in [2.45, 2.75) is 25.9 Å². The zero-order chi connectivity index (χ0) is 16.6. The van der Waals surface area contributed by atoms with E-state index in [0.717, 1.165) is 38.0 Å². The Morgan fingerprint density at radius 2 is 2.00 bits per heavy atom. The molecule has 24 heavy (non-hydrogen) atoms. The molecule has 0 spiro atoms. The molecule has 1 aliphatic heterocycles. The lowest BCUT2D eigenvalue weighted by Gasteiger charge is -2.28. The highest BCUT2D eigenvalue weighted by Gasteiger charge is 2.14. The molecular weight excluding hydrogens is 300 g/mol. The SMILES string of the molecule is O=C(NCCCN1CCc2ccccc2C1)NCc1cccnc1. The van der Waals surface area contributed by atoms with Crippen LogP contribution in [0.5, 0.6) is 0 Å². The summed E-state index contributed by atoms with van der Waals surface area (Å²) in [5.74, 6) is 0. The van der Waals surface area contributed by atoms with Crippen molar-refractivity contribution in [1.82, 2.24) is 20.5 Å². The molecule has 126 valence electrons. The van der Waals surface area contributed by atoms with Gasteiger partial charge in [0.05, 0.1) is 0 Å². The van der Waals surface area contributed by atoms with Gasteiger partial charge in [0.15, 0.2) is 0 Å². The topological polar surface area (TPSA) is 57.3 Å². The summed E-state index contributed by atoms with van der Waals surface area (Å²) in [6.07, 6.45) is 5.56. The van der Waals surface area contributed by atoms with Crippen LogP contribution in [0, 0.1) is 0 Å². The number of urea groups is 1. The first-order chi connectivity index (χ1) is 11.8. The van der Waals surface area contributed by atoms with Gasteiger partial charge in [-0.15, -0.1) is 0 Å². The van der Waals surface area contributed by atoms with Crippen LogP contribution in [0.2, 0.25) is 0 Å². The van der Waals surface area contributed by atoms with Gasteiger partial charge in [-0.05, 0) is 35.6 Å². The number of nitrogens with one attached hydrogen (secondary N) is 2. The van der Waals surface area contributed by atoms with Crippen LogP contribution in [0.1, 0.15) is 23.1 Å². The largest absolute Gasteiger partial charge is 0.338 e. The van der Waals surface area contributed by atoms with E-state index in [4.69, 9.17) is 0 Å². The Kier molecular flexibility index (Phi) is 5.80. The number of aromatic nitrogens is 1. The second kappa shape index (κ2) is 8.45. The number of carbonyl (C=O) groups excluding carboxylic acids is 1. The third kappa shape index (κ3) is 4.80. The molecule has 0 fully saturated rings. The van der Waals surface area contributed by atoms with Crippen molar-refractivity contribution in [3.8, 4) is 0 Å². The molecule has 2 amide bonds. The van der Waals surface area contributed by atoms with Gasteiger partial charge in [-0.25, -0.2) is 4.79 Å². The second-order valence-corrected chi connectivity index (χ2v) is 6.12. The maximum atomic E-state index is 11.8. The number of rotatable bonds is 6. The molecule has 0 saturated carbocycles. The van der Waals surface area contributed by atoms with E-state index < -0.39 is 0 Å². The van der Waals surface area contributed by atoms with E-state index >= 15 is 0 Å². The predicted octanol–water partition coefficient (Wildman–Crippen LogP) is 2.33. The van der Waals surface area contributed by atoms with Crippen LogP contribution < -0.4 is 10.6 Å². The first-order valence-corrected chi connectivity index (χ1v) is 8.51. The number of nitrogens with zero attached hydrogens (tertiary/aromatic N) is 2. The maximum absolute atomic E-state index is 11.8. The van der Waals surface area contributed by atoms with Gasteiger partial charge in [0.25, 0.3) is 0 Å². The smallest absolute Gasteiger partial charge is 0.315 e. The van der Waals surface area contributed by atoms with Crippen LogP contribution in [0.3, 0.4) is 0 Å². The average molecular weight is 324 g/mol. The number of benzene rings is 1. The quantitative estimate of drug-likeness (QED) is 0.802. The molecule has 0 bridgehead atoms. The molecule has 1 aromatic heterocycles. The summed E-state index contributed by atoms with van der Waals surface area (Å²) in [7, 11) is 0. The van der Waals surface area contributed by atoms with Crippen molar-refractivity contribution in [3.05, 3.63) is 65.5 Å². The number of amides is 2. The molecule has 2 N–H and O–H groups in total. The van der Waals surface area contributed by atoms with E-state index in [9.17, 15) is 4.79 Å². The van der Waals surface area contributed by atoms with Crippen LogP contribution in [0.15, 0.2) is 48.8 Å². The van der Waals surface area contributed by atoms with Crippen molar-refractivity contribution in [3.63, 3.8) is 0 Å². The van der Waals surface area contributed by atoms with Gasteiger partial charge >= 0.3 is 6.03 Å². The Bertz CT molecular complexity index is 659. The van der Waals surface area contributed by atoms with E-state index in [1.54, 1.807) is 12.4 Å². The molecule has 0 radical (unpaired) electrons. The molecule has 2 aromatic rings. The molecule has 1 aromatic carbocycles. The Balaban J connectivity index is 1.31. The van der Waals surface area contributed by atoms with Crippen LogP contribution >= 0.6 is 0 Å². The molecular formula is C19H24N4O. The van der Waals surface area contributed by atoms with Crippen molar-refractivity contribution in [2.24, 2.45) is 0 Å². The van der Waals surface area contributed by atoms with Crippen LogP contribution in [0.4, 0.5) is 4.79 Å². The molecule has 5 nitrogen and oxygen atoms in total. The molecule has 2 heterocycles. The van der Waals surface area contributed by atoms with E-state index in [2.05, 4.69) is 44.8 Å². The minimum Gasteiger partial charge on any atom is -0.338 e. The molecule has 1 aliphatic rings. The lowest BCUT2D eigenvalue weighted by Crippen LogP contribution is -2.37. The Morgan fingerprint density at radius 3 is 2.83 bits per heavy atom. The lowest BCUT2D eigenvalue weighted by molar-refractivity contribution is 0.234. The predicted molar refractivity (Wildman–Crippen MR) is 94.5 cm³/mol. The van der Waals surface area contributed by atoms with Gasteiger partial charge in [0.1, 0.15) is 0 Å². The standard InChI is InChI=1S/C19H24N4O/c24-19(22-14-16-5-3-9-20-13-16)21-10-4-11-23-12-8-17-6-1-2-7-18(17)15-23/h1-3,5-7,9,13H,4,8,10-12,14-15H2,(H2,21,22,24).